The molecular formula is C35H33ClF3N7O7. The average Bonchev–Trinajstić information content (AvgIpc) is 3.90. The van der Waals surface area contributed by atoms with Crippen molar-refractivity contribution in [2.45, 2.75) is 43.4 Å². The van der Waals surface area contributed by atoms with Gasteiger partial charge in [0.25, 0.3) is 11.8 Å². The van der Waals surface area contributed by atoms with E-state index in [-0.39, 0.29) is 42.6 Å². The number of amides is 2. The molecule has 5 rings (SSSR count). The van der Waals surface area contributed by atoms with Gasteiger partial charge in [-0.3, -0.25) is 14.4 Å². The number of Topliss-reactive ketones (excluding diaryl/α,β-unsaturated/α-hetero) is 1. The van der Waals surface area contributed by atoms with Gasteiger partial charge in [-0.15, -0.1) is 0 Å². The minimum Gasteiger partial charge on any atom is -0.508 e. The van der Waals surface area contributed by atoms with Gasteiger partial charge in [-0.05, 0) is 78.9 Å². The standard InChI is InChI=1S/C35H33ClF3N7O7/c1-52-30(51)26(13-16-40-29(50)27(48)18-20-3-2-4-25(47)17-20)42-28(49)21-5-11-24(12-6-21)41-31-43-32(45-33(44-31)53-19-35(37,38)39)46-34(14-15-34)22-7-9-23(36)10-8-22/h2-12,17,26,47H,13-16,18-19H2,1H3,(H,40,50)(H,42,49)(H2,41,43,44,45,46)/t26-/m0/s1. The van der Waals surface area contributed by atoms with E-state index in [9.17, 15) is 37.5 Å². The number of halogens is 4. The number of hydrogen-bond acceptors (Lipinski definition) is 12. The van der Waals surface area contributed by atoms with Crippen molar-refractivity contribution in [3.05, 3.63) is 94.5 Å². The fraction of sp³-hybridized carbons (Fsp3) is 0.286. The maximum atomic E-state index is 13.0. The van der Waals surface area contributed by atoms with Crippen LogP contribution in [0.15, 0.2) is 72.8 Å². The molecule has 0 radical (unpaired) electrons. The third-order valence-corrected chi connectivity index (χ3v) is 8.17. The summed E-state index contributed by atoms with van der Waals surface area (Å²) in [6.07, 6.45) is -3.57. The van der Waals surface area contributed by atoms with Gasteiger partial charge in [0.05, 0.1) is 12.6 Å². The number of benzene rings is 3. The van der Waals surface area contributed by atoms with Gasteiger partial charge in [-0.25, -0.2) is 4.79 Å². The number of aromatic nitrogens is 3. The number of ether oxygens (including phenoxy) is 2. The van der Waals surface area contributed by atoms with Crippen molar-refractivity contribution in [2.75, 3.05) is 30.9 Å². The van der Waals surface area contributed by atoms with Gasteiger partial charge in [0, 0.05) is 29.2 Å². The number of rotatable bonds is 16. The van der Waals surface area contributed by atoms with Crippen molar-refractivity contribution in [3.63, 3.8) is 0 Å². The van der Waals surface area contributed by atoms with Crippen LogP contribution in [0.2, 0.25) is 5.02 Å². The first kappa shape index (κ1) is 38.3. The predicted molar refractivity (Wildman–Crippen MR) is 185 cm³/mol. The summed E-state index contributed by atoms with van der Waals surface area (Å²) in [5, 5.41) is 21.1. The van der Waals surface area contributed by atoms with Crippen molar-refractivity contribution in [1.82, 2.24) is 25.6 Å². The van der Waals surface area contributed by atoms with Crippen LogP contribution >= 0.6 is 11.6 Å². The molecule has 2 amide bonds. The largest absolute Gasteiger partial charge is 0.508 e. The molecule has 3 aromatic carbocycles. The van der Waals surface area contributed by atoms with Crippen molar-refractivity contribution < 1.29 is 46.9 Å². The highest BCUT2D eigenvalue weighted by atomic mass is 35.5. The molecule has 278 valence electrons. The Kier molecular flexibility index (Phi) is 12.0. The molecule has 0 bridgehead atoms. The molecule has 1 heterocycles. The normalized spacial score (nSPS) is 13.6. The SMILES string of the molecule is COC(=O)[C@H](CCNC(=O)C(=O)Cc1cccc(O)c1)NC(=O)c1ccc(Nc2nc(NC3(c4ccc(Cl)cc4)CC3)nc(OCC(F)(F)F)n2)cc1. The quantitative estimate of drug-likeness (QED) is 0.0789. The molecule has 1 aromatic heterocycles. The number of phenolic OH excluding ortho intramolecular Hbond substituents is 1. The van der Waals surface area contributed by atoms with Gasteiger partial charge >= 0.3 is 18.2 Å². The van der Waals surface area contributed by atoms with E-state index in [0.29, 0.717) is 29.1 Å². The highest BCUT2D eigenvalue weighted by Gasteiger charge is 2.45. The van der Waals surface area contributed by atoms with Gasteiger partial charge in [0.1, 0.15) is 11.8 Å². The van der Waals surface area contributed by atoms with E-state index in [2.05, 4.69) is 36.2 Å². The minimum atomic E-state index is -4.64. The number of carbonyl (C=O) groups is 4. The van der Waals surface area contributed by atoms with E-state index in [1.165, 1.54) is 42.5 Å². The second-order valence-corrected chi connectivity index (χ2v) is 12.4. The number of hydrogen-bond donors (Lipinski definition) is 5. The number of carbonyl (C=O) groups excluding carboxylic acids is 4. The summed E-state index contributed by atoms with van der Waals surface area (Å²) in [7, 11) is 1.13. The molecule has 14 nitrogen and oxygen atoms in total. The Morgan fingerprint density at radius 2 is 1.66 bits per heavy atom. The number of nitrogens with one attached hydrogen (secondary N) is 4. The zero-order valence-electron chi connectivity index (χ0n) is 28.0. The highest BCUT2D eigenvalue weighted by Crippen LogP contribution is 2.48. The Labute approximate surface area is 305 Å². The first-order valence-electron chi connectivity index (χ1n) is 16.1. The first-order chi connectivity index (χ1) is 25.2. The van der Waals surface area contributed by atoms with Gasteiger partial charge < -0.3 is 35.8 Å². The smallest absolute Gasteiger partial charge is 0.422 e. The Bertz CT molecular complexity index is 1960. The van der Waals surface area contributed by atoms with Crippen LogP contribution in [-0.2, 0) is 31.1 Å². The molecule has 0 unspecified atom stereocenters. The summed E-state index contributed by atoms with van der Waals surface area (Å²) >= 11 is 6.02. The highest BCUT2D eigenvalue weighted by molar-refractivity contribution is 6.36. The van der Waals surface area contributed by atoms with Crippen molar-refractivity contribution >= 4 is 52.8 Å². The molecule has 53 heavy (non-hydrogen) atoms. The second kappa shape index (κ2) is 16.6. The van der Waals surface area contributed by atoms with E-state index >= 15 is 0 Å². The molecule has 0 aliphatic heterocycles. The van der Waals surface area contributed by atoms with Crippen LogP contribution in [0.1, 0.15) is 40.7 Å². The number of nitrogens with zero attached hydrogens (tertiary/aromatic N) is 3. The maximum absolute atomic E-state index is 13.0. The number of esters is 1. The van der Waals surface area contributed by atoms with E-state index in [1.807, 2.05) is 12.1 Å². The van der Waals surface area contributed by atoms with Crippen LogP contribution in [-0.4, -0.2) is 76.1 Å². The van der Waals surface area contributed by atoms with Crippen molar-refractivity contribution in [2.24, 2.45) is 0 Å². The zero-order chi connectivity index (χ0) is 38.2. The topological polar surface area (TPSA) is 194 Å². The molecule has 1 aliphatic carbocycles. The summed E-state index contributed by atoms with van der Waals surface area (Å²) in [6.45, 7) is -1.77. The lowest BCUT2D eigenvalue weighted by Crippen LogP contribution is -2.44. The lowest BCUT2D eigenvalue weighted by molar-refractivity contribution is -0.154. The van der Waals surface area contributed by atoms with E-state index in [4.69, 9.17) is 21.1 Å². The molecule has 1 fully saturated rings. The number of anilines is 3. The molecule has 1 saturated carbocycles. The number of methoxy groups -OCH3 is 1. The monoisotopic (exact) mass is 755 g/mol. The average molecular weight is 756 g/mol. The van der Waals surface area contributed by atoms with Crippen molar-refractivity contribution in [1.29, 1.82) is 0 Å². The van der Waals surface area contributed by atoms with Crippen molar-refractivity contribution in [3.8, 4) is 11.8 Å². The van der Waals surface area contributed by atoms with Crippen LogP contribution in [0, 0.1) is 0 Å². The Morgan fingerprint density at radius 3 is 2.30 bits per heavy atom. The second-order valence-electron chi connectivity index (χ2n) is 11.9. The summed E-state index contributed by atoms with van der Waals surface area (Å²) in [5.41, 5.74) is 1.25. The van der Waals surface area contributed by atoms with Crippen LogP contribution < -0.4 is 26.0 Å². The molecule has 4 aromatic rings. The van der Waals surface area contributed by atoms with E-state index in [1.54, 1.807) is 18.2 Å². The number of ketones is 1. The van der Waals surface area contributed by atoms with Crippen LogP contribution in [0.5, 0.6) is 11.8 Å². The third-order valence-electron chi connectivity index (χ3n) is 7.92. The Hall–Kier alpha value is -5.97. The third kappa shape index (κ3) is 11.0. The zero-order valence-corrected chi connectivity index (χ0v) is 28.8. The van der Waals surface area contributed by atoms with Crippen LogP contribution in [0.25, 0.3) is 0 Å². The summed E-state index contributed by atoms with van der Waals surface area (Å²) in [5.74, 6) is -3.34. The molecule has 1 aliphatic rings. The summed E-state index contributed by atoms with van der Waals surface area (Å²) < 4.78 is 48.4. The number of aromatic hydroxyl groups is 1. The predicted octanol–water partition coefficient (Wildman–Crippen LogP) is 4.61. The lowest BCUT2D eigenvalue weighted by Gasteiger charge is -2.19. The molecule has 18 heteroatoms. The fourth-order valence-electron chi connectivity index (χ4n) is 5.10. The van der Waals surface area contributed by atoms with Gasteiger partial charge in [-0.1, -0.05) is 35.9 Å². The van der Waals surface area contributed by atoms with E-state index < -0.39 is 53.9 Å². The first-order valence-corrected chi connectivity index (χ1v) is 16.4. The molecule has 1 atom stereocenters. The molecule has 0 saturated heterocycles. The van der Waals surface area contributed by atoms with Gasteiger partial charge in [0.2, 0.25) is 17.7 Å². The molecular weight excluding hydrogens is 723 g/mol. The number of alkyl halides is 3. The maximum Gasteiger partial charge on any atom is 0.422 e. The van der Waals surface area contributed by atoms with Crippen LogP contribution in [0.4, 0.5) is 30.8 Å². The van der Waals surface area contributed by atoms with E-state index in [0.717, 1.165) is 12.7 Å². The van der Waals surface area contributed by atoms with Crippen LogP contribution in [0.3, 0.4) is 0 Å². The molecule has 5 N–H and O–H groups in total. The lowest BCUT2D eigenvalue weighted by atomic mass is 10.1. The molecule has 0 spiro atoms. The number of phenols is 1. The minimum absolute atomic E-state index is 0.0333. The van der Waals surface area contributed by atoms with Gasteiger partial charge in [0.15, 0.2) is 6.61 Å². The summed E-state index contributed by atoms with van der Waals surface area (Å²) in [6, 6.07) is 17.0. The summed E-state index contributed by atoms with van der Waals surface area (Å²) in [4.78, 5) is 62.3. The Balaban J connectivity index is 1.21. The van der Waals surface area contributed by atoms with Gasteiger partial charge in [-0.2, -0.15) is 28.1 Å². The fourth-order valence-corrected chi connectivity index (χ4v) is 5.23. The Morgan fingerprint density at radius 1 is 0.962 bits per heavy atom.